The van der Waals surface area contributed by atoms with Gasteiger partial charge in [0.05, 0.1) is 7.11 Å². The molecule has 2 nitrogen and oxygen atoms in total. The maximum atomic E-state index is 14.1. The Labute approximate surface area is 140 Å². The van der Waals surface area contributed by atoms with Crippen LogP contribution in [-0.4, -0.2) is 15.2 Å². The van der Waals surface area contributed by atoms with E-state index in [-0.39, 0.29) is 0 Å². The molecule has 0 aromatic heterocycles. The molecule has 0 atom stereocenters. The van der Waals surface area contributed by atoms with Gasteiger partial charge in [-0.05, 0) is 12.1 Å². The molecular weight excluding hydrogens is 319 g/mol. The lowest BCUT2D eigenvalue weighted by Gasteiger charge is -2.23. The van der Waals surface area contributed by atoms with Crippen LogP contribution in [0.3, 0.4) is 0 Å². The van der Waals surface area contributed by atoms with E-state index < -0.39 is 15.2 Å². The van der Waals surface area contributed by atoms with Crippen molar-refractivity contribution in [3.05, 3.63) is 72.2 Å². The van der Waals surface area contributed by atoms with E-state index in [0.717, 1.165) is 16.7 Å². The standard InChI is InChI=1S/C19H25O2PSi/c1-21-19(15-16-23(2,3)4)22(20,17-11-7-5-8-12-17)18-13-9-6-10-14-18/h5-15H,16H2,1-4H3/b19-15+. The fourth-order valence-corrected chi connectivity index (χ4v) is 5.98. The molecule has 4 heteroatoms. The van der Waals surface area contributed by atoms with Crippen LogP contribution in [0, 0.1) is 0 Å². The van der Waals surface area contributed by atoms with Gasteiger partial charge in [-0.15, -0.1) is 0 Å². The third-order valence-electron chi connectivity index (χ3n) is 3.65. The average Bonchev–Trinajstić information content (AvgIpc) is 2.55. The highest BCUT2D eigenvalue weighted by Crippen LogP contribution is 2.52. The maximum Gasteiger partial charge on any atom is 0.203 e. The third kappa shape index (κ3) is 4.24. The minimum absolute atomic E-state index is 0.595. The van der Waals surface area contributed by atoms with Gasteiger partial charge in [-0.2, -0.15) is 0 Å². The van der Waals surface area contributed by atoms with Gasteiger partial charge in [0.25, 0.3) is 0 Å². The van der Waals surface area contributed by atoms with Gasteiger partial charge in [-0.1, -0.05) is 80.3 Å². The van der Waals surface area contributed by atoms with Crippen LogP contribution in [0.25, 0.3) is 0 Å². The molecular formula is C19H25O2PSi. The van der Waals surface area contributed by atoms with Crippen molar-refractivity contribution in [2.45, 2.75) is 25.7 Å². The fourth-order valence-electron chi connectivity index (χ4n) is 2.41. The Balaban J connectivity index is 2.61. The summed E-state index contributed by atoms with van der Waals surface area (Å²) in [6, 6.07) is 20.2. The maximum absolute atomic E-state index is 14.1. The van der Waals surface area contributed by atoms with Gasteiger partial charge in [0.2, 0.25) is 7.14 Å². The van der Waals surface area contributed by atoms with Crippen LogP contribution >= 0.6 is 7.14 Å². The Morgan fingerprint density at radius 3 is 1.74 bits per heavy atom. The SMILES string of the molecule is CO/C(=C\C[Si](C)(C)C)P(=O)(c1ccccc1)c1ccccc1. The summed E-state index contributed by atoms with van der Waals surface area (Å²) in [6.45, 7) is 6.90. The fraction of sp³-hybridized carbons (Fsp3) is 0.263. The van der Waals surface area contributed by atoms with E-state index in [1.807, 2.05) is 66.7 Å². The van der Waals surface area contributed by atoms with Crippen molar-refractivity contribution in [3.63, 3.8) is 0 Å². The first-order chi connectivity index (χ1) is 10.9. The van der Waals surface area contributed by atoms with Crippen LogP contribution in [0.2, 0.25) is 25.7 Å². The van der Waals surface area contributed by atoms with Crippen LogP contribution < -0.4 is 10.6 Å². The van der Waals surface area contributed by atoms with Gasteiger partial charge in [-0.25, -0.2) is 0 Å². The van der Waals surface area contributed by atoms with Gasteiger partial charge in [0, 0.05) is 18.7 Å². The molecule has 0 amide bonds. The molecule has 0 bridgehead atoms. The van der Waals surface area contributed by atoms with Crippen LogP contribution in [-0.2, 0) is 9.30 Å². The molecule has 23 heavy (non-hydrogen) atoms. The lowest BCUT2D eigenvalue weighted by atomic mass is 10.4. The number of rotatable bonds is 6. The van der Waals surface area contributed by atoms with E-state index in [1.54, 1.807) is 7.11 Å². The van der Waals surface area contributed by atoms with Gasteiger partial charge in [0.1, 0.15) is 0 Å². The second-order valence-electron chi connectivity index (χ2n) is 6.79. The van der Waals surface area contributed by atoms with E-state index in [4.69, 9.17) is 4.74 Å². The summed E-state index contributed by atoms with van der Waals surface area (Å²) in [5.41, 5.74) is 0.595. The van der Waals surface area contributed by atoms with Crippen LogP contribution in [0.5, 0.6) is 0 Å². The van der Waals surface area contributed by atoms with Crippen LogP contribution in [0.15, 0.2) is 72.2 Å². The van der Waals surface area contributed by atoms with Crippen molar-refractivity contribution in [2.75, 3.05) is 7.11 Å². The summed E-state index contributed by atoms with van der Waals surface area (Å²) < 4.78 is 19.7. The summed E-state index contributed by atoms with van der Waals surface area (Å²) in [5, 5.41) is 1.63. The Kier molecular flexibility index (Phi) is 5.67. The molecule has 0 saturated heterocycles. The molecule has 0 aliphatic heterocycles. The van der Waals surface area contributed by atoms with Crippen molar-refractivity contribution >= 4 is 25.8 Å². The van der Waals surface area contributed by atoms with Gasteiger partial charge in [-0.3, -0.25) is 0 Å². The third-order valence-corrected chi connectivity index (χ3v) is 8.11. The lowest BCUT2D eigenvalue weighted by molar-refractivity contribution is 0.317. The summed E-state index contributed by atoms with van der Waals surface area (Å²) in [6.07, 6.45) is 2.05. The van der Waals surface area contributed by atoms with Gasteiger partial charge in [0.15, 0.2) is 5.50 Å². The molecule has 0 radical (unpaired) electrons. The Morgan fingerprint density at radius 1 is 0.957 bits per heavy atom. The largest absolute Gasteiger partial charge is 0.493 e. The van der Waals surface area contributed by atoms with E-state index in [9.17, 15) is 4.57 Å². The van der Waals surface area contributed by atoms with Crippen LogP contribution in [0.1, 0.15) is 0 Å². The first-order valence-corrected chi connectivity index (χ1v) is 13.3. The van der Waals surface area contributed by atoms with Crippen molar-refractivity contribution < 1.29 is 9.30 Å². The van der Waals surface area contributed by atoms with Gasteiger partial charge >= 0.3 is 0 Å². The Morgan fingerprint density at radius 2 is 1.39 bits per heavy atom. The van der Waals surface area contributed by atoms with E-state index in [2.05, 4.69) is 19.6 Å². The van der Waals surface area contributed by atoms with Crippen molar-refractivity contribution in [1.82, 2.24) is 0 Å². The zero-order chi connectivity index (χ0) is 16.9. The van der Waals surface area contributed by atoms with Crippen molar-refractivity contribution in [1.29, 1.82) is 0 Å². The predicted octanol–water partition coefficient (Wildman–Crippen LogP) is 4.83. The molecule has 2 aromatic carbocycles. The van der Waals surface area contributed by atoms with Crippen molar-refractivity contribution in [2.24, 2.45) is 0 Å². The zero-order valence-corrected chi connectivity index (χ0v) is 16.2. The van der Waals surface area contributed by atoms with E-state index in [1.165, 1.54) is 0 Å². The second-order valence-corrected chi connectivity index (χ2v) is 15.0. The molecule has 0 saturated carbocycles. The number of ether oxygens (including phenoxy) is 1. The number of methoxy groups -OCH3 is 1. The minimum atomic E-state index is -2.96. The Bertz CT molecular complexity index is 660. The number of hydrogen-bond acceptors (Lipinski definition) is 2. The molecule has 2 rings (SSSR count). The predicted molar refractivity (Wildman–Crippen MR) is 103 cm³/mol. The molecule has 2 aromatic rings. The average molecular weight is 344 g/mol. The molecule has 122 valence electrons. The van der Waals surface area contributed by atoms with E-state index in [0.29, 0.717) is 5.50 Å². The normalized spacial score (nSPS) is 13.0. The minimum Gasteiger partial charge on any atom is -0.493 e. The Hall–Kier alpha value is -1.57. The highest BCUT2D eigenvalue weighted by Gasteiger charge is 2.33. The first-order valence-electron chi connectivity index (χ1n) is 7.84. The molecule has 0 heterocycles. The highest BCUT2D eigenvalue weighted by atomic mass is 31.2. The quantitative estimate of drug-likeness (QED) is 0.426. The second kappa shape index (κ2) is 7.33. The molecule has 0 aliphatic rings. The monoisotopic (exact) mass is 344 g/mol. The molecule has 0 unspecified atom stereocenters. The summed E-state index contributed by atoms with van der Waals surface area (Å²) in [5.74, 6) is 0. The first kappa shape index (κ1) is 17.8. The van der Waals surface area contributed by atoms with Crippen molar-refractivity contribution in [3.8, 4) is 0 Å². The summed E-state index contributed by atoms with van der Waals surface area (Å²) in [4.78, 5) is 0. The smallest absolute Gasteiger partial charge is 0.203 e. The molecule has 0 aliphatic carbocycles. The van der Waals surface area contributed by atoms with Gasteiger partial charge < -0.3 is 9.30 Å². The summed E-state index contributed by atoms with van der Waals surface area (Å²) >= 11 is 0. The highest BCUT2D eigenvalue weighted by molar-refractivity contribution is 7.82. The zero-order valence-electron chi connectivity index (χ0n) is 14.3. The molecule has 0 spiro atoms. The van der Waals surface area contributed by atoms with Crippen LogP contribution in [0.4, 0.5) is 0 Å². The molecule has 0 N–H and O–H groups in total. The summed E-state index contributed by atoms with van der Waals surface area (Å²) in [7, 11) is -2.63. The topological polar surface area (TPSA) is 26.3 Å². The van der Waals surface area contributed by atoms with E-state index >= 15 is 0 Å². The number of hydrogen-bond donors (Lipinski definition) is 0. The number of benzene rings is 2. The molecule has 0 fully saturated rings. The number of allylic oxidation sites excluding steroid dienone is 1. The lowest BCUT2D eigenvalue weighted by Crippen LogP contribution is -2.20.